The van der Waals surface area contributed by atoms with Crippen molar-refractivity contribution in [2.45, 2.75) is 6.04 Å². The fraction of sp³-hybridized carbons (Fsp3) is 0.333. The number of nitriles is 1. The zero-order chi connectivity index (χ0) is 20.1. The predicted octanol–water partition coefficient (Wildman–Crippen LogP) is 2.87. The van der Waals surface area contributed by atoms with Gasteiger partial charge in [0.1, 0.15) is 11.9 Å². The summed E-state index contributed by atoms with van der Waals surface area (Å²) < 4.78 is 23.8. The van der Waals surface area contributed by atoms with Crippen LogP contribution in [0.15, 0.2) is 42.5 Å². The molecular formula is C21H22FN3O3. The van der Waals surface area contributed by atoms with E-state index in [9.17, 15) is 14.4 Å². The average Bonchev–Trinajstić information content (AvgIpc) is 2.74. The van der Waals surface area contributed by atoms with Gasteiger partial charge in [0.2, 0.25) is 0 Å². The maximum atomic E-state index is 13.2. The first-order valence-electron chi connectivity index (χ1n) is 8.98. The Morgan fingerprint density at radius 2 is 1.75 bits per heavy atom. The molecule has 7 heteroatoms. The van der Waals surface area contributed by atoms with Gasteiger partial charge in [0, 0.05) is 26.2 Å². The number of amides is 1. The molecule has 2 aromatic carbocycles. The van der Waals surface area contributed by atoms with Gasteiger partial charge in [-0.05, 0) is 29.8 Å². The monoisotopic (exact) mass is 383 g/mol. The lowest BCUT2D eigenvalue weighted by Gasteiger charge is -2.37. The topological polar surface area (TPSA) is 65.8 Å². The molecule has 1 heterocycles. The van der Waals surface area contributed by atoms with E-state index in [1.54, 1.807) is 35.2 Å². The van der Waals surface area contributed by atoms with E-state index in [0.29, 0.717) is 43.2 Å². The number of ether oxygens (including phenoxy) is 2. The van der Waals surface area contributed by atoms with Crippen molar-refractivity contribution in [1.29, 1.82) is 5.26 Å². The predicted molar refractivity (Wildman–Crippen MR) is 102 cm³/mol. The number of para-hydroxylation sites is 1. The molecule has 1 aliphatic heterocycles. The first-order valence-corrected chi connectivity index (χ1v) is 8.98. The van der Waals surface area contributed by atoms with E-state index in [1.807, 2.05) is 4.90 Å². The number of halogens is 1. The molecule has 1 atom stereocenters. The normalized spacial score (nSPS) is 15.6. The minimum absolute atomic E-state index is 0.134. The number of nitrogens with zero attached hydrogens (tertiary/aromatic N) is 3. The van der Waals surface area contributed by atoms with Crippen LogP contribution in [0.4, 0.5) is 4.39 Å². The van der Waals surface area contributed by atoms with Crippen molar-refractivity contribution in [3.05, 3.63) is 59.4 Å². The van der Waals surface area contributed by atoms with Gasteiger partial charge in [0.25, 0.3) is 5.91 Å². The zero-order valence-electron chi connectivity index (χ0n) is 15.9. The molecular weight excluding hydrogens is 361 g/mol. The number of hydrogen-bond donors (Lipinski definition) is 0. The molecule has 6 nitrogen and oxygen atoms in total. The van der Waals surface area contributed by atoms with Gasteiger partial charge in [-0.15, -0.1) is 0 Å². The lowest BCUT2D eigenvalue weighted by Crippen LogP contribution is -2.49. The molecule has 2 aromatic rings. The molecule has 1 amide bonds. The smallest absolute Gasteiger partial charge is 0.257 e. The van der Waals surface area contributed by atoms with Crippen LogP contribution in [0.1, 0.15) is 22.0 Å². The summed E-state index contributed by atoms with van der Waals surface area (Å²) in [6.07, 6.45) is 0. The Balaban J connectivity index is 1.71. The molecule has 3 rings (SSSR count). The van der Waals surface area contributed by atoms with Crippen molar-refractivity contribution in [3.8, 4) is 17.6 Å². The fourth-order valence-electron chi connectivity index (χ4n) is 3.42. The number of carbonyl (C=O) groups excluding carboxylic acids is 1. The van der Waals surface area contributed by atoms with Crippen LogP contribution >= 0.6 is 0 Å². The maximum absolute atomic E-state index is 13.2. The quantitative estimate of drug-likeness (QED) is 0.794. The Kier molecular flexibility index (Phi) is 6.12. The highest BCUT2D eigenvalue weighted by Crippen LogP contribution is 2.32. The number of rotatable bonds is 5. The molecule has 1 fully saturated rings. The second-order valence-corrected chi connectivity index (χ2v) is 6.45. The van der Waals surface area contributed by atoms with Gasteiger partial charge in [-0.2, -0.15) is 5.26 Å². The first kappa shape index (κ1) is 19.6. The number of hydrogen-bond acceptors (Lipinski definition) is 5. The van der Waals surface area contributed by atoms with E-state index < -0.39 is 6.04 Å². The maximum Gasteiger partial charge on any atom is 0.257 e. The van der Waals surface area contributed by atoms with Crippen molar-refractivity contribution >= 4 is 5.91 Å². The standard InChI is InChI=1S/C21H22FN3O3/c1-27-19-5-3-4-17(20(19)28-2)21(26)25-12-10-24(11-13-25)18(14-23)15-6-8-16(22)9-7-15/h3-9,18H,10-13H2,1-2H3. The summed E-state index contributed by atoms with van der Waals surface area (Å²) in [6, 6.07) is 13.0. The number of piperazine rings is 1. The lowest BCUT2D eigenvalue weighted by atomic mass is 10.1. The van der Waals surface area contributed by atoms with Gasteiger partial charge in [0.05, 0.1) is 25.9 Å². The number of benzene rings is 2. The minimum Gasteiger partial charge on any atom is -0.493 e. The lowest BCUT2D eigenvalue weighted by molar-refractivity contribution is 0.0602. The zero-order valence-corrected chi connectivity index (χ0v) is 15.9. The highest BCUT2D eigenvalue weighted by atomic mass is 19.1. The molecule has 0 radical (unpaired) electrons. The Labute approximate surface area is 163 Å². The Bertz CT molecular complexity index is 871. The van der Waals surface area contributed by atoms with Gasteiger partial charge < -0.3 is 14.4 Å². The average molecular weight is 383 g/mol. The molecule has 146 valence electrons. The third-order valence-electron chi connectivity index (χ3n) is 4.91. The Morgan fingerprint density at radius 3 is 2.32 bits per heavy atom. The number of carbonyl (C=O) groups is 1. The van der Waals surface area contributed by atoms with Crippen molar-refractivity contribution in [3.63, 3.8) is 0 Å². The summed E-state index contributed by atoms with van der Waals surface area (Å²) in [5.41, 5.74) is 1.20. The molecule has 0 spiro atoms. The first-order chi connectivity index (χ1) is 13.6. The van der Waals surface area contributed by atoms with Crippen LogP contribution in [-0.4, -0.2) is 56.1 Å². The van der Waals surface area contributed by atoms with Gasteiger partial charge in [-0.3, -0.25) is 9.69 Å². The van der Waals surface area contributed by atoms with Crippen LogP contribution in [0.25, 0.3) is 0 Å². The van der Waals surface area contributed by atoms with Crippen molar-refractivity contribution < 1.29 is 18.7 Å². The van der Waals surface area contributed by atoms with Gasteiger partial charge >= 0.3 is 0 Å². The van der Waals surface area contributed by atoms with Gasteiger partial charge in [-0.25, -0.2) is 4.39 Å². The van der Waals surface area contributed by atoms with Crippen LogP contribution in [0.5, 0.6) is 11.5 Å². The second-order valence-electron chi connectivity index (χ2n) is 6.45. The molecule has 0 saturated carbocycles. The molecule has 0 N–H and O–H groups in total. The summed E-state index contributed by atoms with van der Waals surface area (Å²) in [6.45, 7) is 2.07. The summed E-state index contributed by atoms with van der Waals surface area (Å²) in [7, 11) is 3.04. The van der Waals surface area contributed by atoms with Crippen LogP contribution < -0.4 is 9.47 Å². The van der Waals surface area contributed by atoms with E-state index in [0.717, 1.165) is 5.56 Å². The van der Waals surface area contributed by atoms with E-state index >= 15 is 0 Å². The van der Waals surface area contributed by atoms with Crippen molar-refractivity contribution in [2.75, 3.05) is 40.4 Å². The van der Waals surface area contributed by atoms with E-state index in [4.69, 9.17) is 9.47 Å². The van der Waals surface area contributed by atoms with E-state index in [-0.39, 0.29) is 11.7 Å². The number of methoxy groups -OCH3 is 2. The van der Waals surface area contributed by atoms with Gasteiger partial charge in [-0.1, -0.05) is 18.2 Å². The molecule has 0 aliphatic carbocycles. The summed E-state index contributed by atoms with van der Waals surface area (Å²) in [5.74, 6) is 0.459. The third kappa shape index (κ3) is 3.92. The molecule has 1 saturated heterocycles. The largest absolute Gasteiger partial charge is 0.493 e. The molecule has 1 unspecified atom stereocenters. The highest BCUT2D eigenvalue weighted by molar-refractivity contribution is 5.97. The summed E-state index contributed by atoms with van der Waals surface area (Å²) in [4.78, 5) is 16.7. The van der Waals surface area contributed by atoms with E-state index in [2.05, 4.69) is 6.07 Å². The van der Waals surface area contributed by atoms with Crippen molar-refractivity contribution in [2.24, 2.45) is 0 Å². The molecule has 28 heavy (non-hydrogen) atoms. The SMILES string of the molecule is COc1cccc(C(=O)N2CCN(C(C#N)c3ccc(F)cc3)CC2)c1OC. The molecule has 0 aromatic heterocycles. The van der Waals surface area contributed by atoms with Crippen LogP contribution in [0.2, 0.25) is 0 Å². The third-order valence-corrected chi connectivity index (χ3v) is 4.91. The van der Waals surface area contributed by atoms with Crippen LogP contribution in [-0.2, 0) is 0 Å². The Hall–Kier alpha value is -3.11. The minimum atomic E-state index is -0.468. The van der Waals surface area contributed by atoms with Crippen molar-refractivity contribution in [1.82, 2.24) is 9.80 Å². The van der Waals surface area contributed by atoms with Crippen LogP contribution in [0, 0.1) is 17.1 Å². The molecule has 1 aliphatic rings. The highest BCUT2D eigenvalue weighted by Gasteiger charge is 2.29. The summed E-state index contributed by atoms with van der Waals surface area (Å²) >= 11 is 0. The summed E-state index contributed by atoms with van der Waals surface area (Å²) in [5, 5.41) is 9.58. The van der Waals surface area contributed by atoms with Crippen LogP contribution in [0.3, 0.4) is 0 Å². The second kappa shape index (κ2) is 8.72. The van der Waals surface area contributed by atoms with Gasteiger partial charge in [0.15, 0.2) is 11.5 Å². The van der Waals surface area contributed by atoms with E-state index in [1.165, 1.54) is 26.4 Å². The fourth-order valence-corrected chi connectivity index (χ4v) is 3.42. The Morgan fingerprint density at radius 1 is 1.07 bits per heavy atom. The molecule has 0 bridgehead atoms.